The number of aryl methyl sites for hydroxylation is 2. The molecule has 0 saturated carbocycles. The van der Waals surface area contributed by atoms with Gasteiger partial charge in [0.2, 0.25) is 0 Å². The maximum atomic E-state index is 4.62. The van der Waals surface area contributed by atoms with E-state index in [-0.39, 0.29) is 0 Å². The minimum Gasteiger partial charge on any atom is -0.352 e. The van der Waals surface area contributed by atoms with E-state index in [1.54, 1.807) is 6.20 Å². The molecule has 21 heavy (non-hydrogen) atoms. The number of rotatable bonds is 4. The second kappa shape index (κ2) is 5.07. The molecule has 7 nitrogen and oxygen atoms in total. The van der Waals surface area contributed by atoms with Gasteiger partial charge in [-0.1, -0.05) is 10.3 Å². The number of nitrogens with zero attached hydrogens (tertiary/aromatic N) is 6. The van der Waals surface area contributed by atoms with Gasteiger partial charge in [-0.05, 0) is 37.9 Å². The molecule has 1 fully saturated rings. The molecule has 0 spiro atoms. The normalized spacial score (nSPS) is 18.1. The van der Waals surface area contributed by atoms with Gasteiger partial charge in [0, 0.05) is 25.7 Å². The maximum Gasteiger partial charge on any atom is 0.151 e. The number of aromatic nitrogens is 4. The fraction of sp³-hybridized carbons (Fsp3) is 0.571. The van der Waals surface area contributed by atoms with Crippen LogP contribution in [0.15, 0.2) is 16.9 Å². The Labute approximate surface area is 122 Å². The number of anilines is 1. The first-order valence-electron chi connectivity index (χ1n) is 7.37. The molecule has 110 valence electrons. The molecule has 0 N–H and O–H groups in total. The number of likely N-dealkylation sites (N-methyl/N-ethyl adjacent to an activating group) is 1. The summed E-state index contributed by atoms with van der Waals surface area (Å²) < 4.78 is 4.62. The molecule has 0 unspecified atom stereocenters. The zero-order valence-electron chi connectivity index (χ0n) is 12.1. The highest BCUT2D eigenvalue weighted by Gasteiger charge is 2.32. The van der Waals surface area contributed by atoms with Crippen molar-refractivity contribution in [2.24, 2.45) is 0 Å². The van der Waals surface area contributed by atoms with E-state index < -0.39 is 0 Å². The van der Waals surface area contributed by atoms with E-state index in [2.05, 4.69) is 48.1 Å². The van der Waals surface area contributed by atoms with Gasteiger partial charge in [-0.25, -0.2) is 4.63 Å². The molecule has 4 rings (SSSR count). The molecule has 1 aliphatic carbocycles. The smallest absolute Gasteiger partial charge is 0.151 e. The summed E-state index contributed by atoms with van der Waals surface area (Å²) in [6.07, 6.45) is 5.11. The summed E-state index contributed by atoms with van der Waals surface area (Å²) in [5.74, 6) is 1.02. The first-order valence-corrected chi connectivity index (χ1v) is 7.37. The van der Waals surface area contributed by atoms with E-state index in [4.69, 9.17) is 0 Å². The van der Waals surface area contributed by atoms with Crippen LogP contribution in [0.3, 0.4) is 0 Å². The van der Waals surface area contributed by atoms with Crippen molar-refractivity contribution in [3.63, 3.8) is 0 Å². The second-order valence-electron chi connectivity index (χ2n) is 5.90. The standard InChI is InChI=1S/C14H18N6O/c1-19(7-11-6-15-21-18-11)12-8-20(9-12)14-5-10-3-2-4-13(10)16-17-14/h5-6,12H,2-4,7-9H2,1H3. The summed E-state index contributed by atoms with van der Waals surface area (Å²) in [4.78, 5) is 4.56. The summed E-state index contributed by atoms with van der Waals surface area (Å²) in [6.45, 7) is 2.72. The first-order chi connectivity index (χ1) is 10.3. The average molecular weight is 286 g/mol. The topological polar surface area (TPSA) is 71.2 Å². The summed E-state index contributed by atoms with van der Waals surface area (Å²) in [7, 11) is 2.10. The lowest BCUT2D eigenvalue weighted by Crippen LogP contribution is -2.58. The summed E-state index contributed by atoms with van der Waals surface area (Å²) >= 11 is 0. The molecule has 3 heterocycles. The largest absolute Gasteiger partial charge is 0.352 e. The Bertz CT molecular complexity index is 622. The lowest BCUT2D eigenvalue weighted by Gasteiger charge is -2.44. The minimum absolute atomic E-state index is 0.511. The van der Waals surface area contributed by atoms with Crippen LogP contribution < -0.4 is 4.90 Å². The Morgan fingerprint density at radius 1 is 1.33 bits per heavy atom. The monoisotopic (exact) mass is 286 g/mol. The van der Waals surface area contributed by atoms with Crippen LogP contribution >= 0.6 is 0 Å². The third kappa shape index (κ3) is 2.37. The van der Waals surface area contributed by atoms with Gasteiger partial charge in [-0.2, -0.15) is 5.10 Å². The molecule has 7 heteroatoms. The molecule has 2 aromatic rings. The molecule has 2 aliphatic rings. The van der Waals surface area contributed by atoms with Crippen LogP contribution in [-0.2, 0) is 19.4 Å². The molecule has 0 atom stereocenters. The Morgan fingerprint density at radius 2 is 2.24 bits per heavy atom. The number of hydrogen-bond donors (Lipinski definition) is 0. The fourth-order valence-electron chi connectivity index (χ4n) is 3.03. The van der Waals surface area contributed by atoms with Gasteiger partial charge in [0.1, 0.15) is 5.69 Å². The predicted octanol–water partition coefficient (Wildman–Crippen LogP) is 0.669. The van der Waals surface area contributed by atoms with Gasteiger partial charge in [-0.15, -0.1) is 5.10 Å². The Balaban J connectivity index is 1.36. The van der Waals surface area contributed by atoms with Crippen molar-refractivity contribution >= 4 is 5.82 Å². The Morgan fingerprint density at radius 3 is 3.05 bits per heavy atom. The SMILES string of the molecule is CN(Cc1cnon1)C1CN(c2cc3c(nn2)CCC3)C1. The first kappa shape index (κ1) is 12.7. The highest BCUT2D eigenvalue weighted by molar-refractivity contribution is 5.45. The lowest BCUT2D eigenvalue weighted by molar-refractivity contribution is 0.190. The van der Waals surface area contributed by atoms with E-state index in [0.29, 0.717) is 6.04 Å². The van der Waals surface area contributed by atoms with Crippen LogP contribution in [0, 0.1) is 0 Å². The highest BCUT2D eigenvalue weighted by atomic mass is 16.6. The molecular weight excluding hydrogens is 268 g/mol. The zero-order valence-corrected chi connectivity index (χ0v) is 12.1. The van der Waals surface area contributed by atoms with Crippen molar-refractivity contribution in [3.05, 3.63) is 29.2 Å². The van der Waals surface area contributed by atoms with E-state index in [1.807, 2.05) is 0 Å². The van der Waals surface area contributed by atoms with Crippen molar-refractivity contribution in [1.29, 1.82) is 0 Å². The molecule has 0 bridgehead atoms. The van der Waals surface area contributed by atoms with Crippen molar-refractivity contribution < 1.29 is 4.63 Å². The average Bonchev–Trinajstić information content (AvgIpc) is 3.07. The Kier molecular flexibility index (Phi) is 3.07. The quantitative estimate of drug-likeness (QED) is 0.818. The molecule has 0 radical (unpaired) electrons. The van der Waals surface area contributed by atoms with Crippen molar-refractivity contribution in [3.8, 4) is 0 Å². The van der Waals surface area contributed by atoms with Crippen LogP contribution in [0.1, 0.15) is 23.4 Å². The van der Waals surface area contributed by atoms with E-state index >= 15 is 0 Å². The molecule has 1 saturated heterocycles. The minimum atomic E-state index is 0.511. The van der Waals surface area contributed by atoms with Crippen LogP contribution in [0.5, 0.6) is 0 Å². The van der Waals surface area contributed by atoms with E-state index in [9.17, 15) is 0 Å². The molecular formula is C14H18N6O. The van der Waals surface area contributed by atoms with Crippen LogP contribution in [-0.4, -0.2) is 51.6 Å². The van der Waals surface area contributed by atoms with Gasteiger partial charge in [0.05, 0.1) is 11.9 Å². The van der Waals surface area contributed by atoms with Gasteiger partial charge in [0.25, 0.3) is 0 Å². The molecule has 0 amide bonds. The Hall–Kier alpha value is -2.02. The van der Waals surface area contributed by atoms with E-state index in [0.717, 1.165) is 44.0 Å². The number of hydrogen-bond acceptors (Lipinski definition) is 7. The third-order valence-corrected chi connectivity index (χ3v) is 4.43. The highest BCUT2D eigenvalue weighted by Crippen LogP contribution is 2.26. The van der Waals surface area contributed by atoms with Gasteiger partial charge in [0.15, 0.2) is 5.82 Å². The van der Waals surface area contributed by atoms with Gasteiger partial charge in [-0.3, -0.25) is 4.90 Å². The molecule has 0 aromatic carbocycles. The maximum absolute atomic E-state index is 4.62. The molecule has 1 aliphatic heterocycles. The third-order valence-electron chi connectivity index (χ3n) is 4.43. The van der Waals surface area contributed by atoms with E-state index in [1.165, 1.54) is 17.7 Å². The van der Waals surface area contributed by atoms with Crippen LogP contribution in [0.4, 0.5) is 5.82 Å². The predicted molar refractivity (Wildman–Crippen MR) is 75.8 cm³/mol. The van der Waals surface area contributed by atoms with Crippen molar-refractivity contribution in [2.75, 3.05) is 25.0 Å². The van der Waals surface area contributed by atoms with Crippen molar-refractivity contribution in [2.45, 2.75) is 31.8 Å². The second-order valence-corrected chi connectivity index (χ2v) is 5.90. The molecule has 2 aromatic heterocycles. The lowest BCUT2D eigenvalue weighted by atomic mass is 10.1. The number of fused-ring (bicyclic) bond motifs is 1. The van der Waals surface area contributed by atoms with Crippen molar-refractivity contribution in [1.82, 2.24) is 25.4 Å². The van der Waals surface area contributed by atoms with Gasteiger partial charge < -0.3 is 4.90 Å². The van der Waals surface area contributed by atoms with Crippen LogP contribution in [0.2, 0.25) is 0 Å². The van der Waals surface area contributed by atoms with Gasteiger partial charge >= 0.3 is 0 Å². The van der Waals surface area contributed by atoms with Crippen LogP contribution in [0.25, 0.3) is 0 Å². The summed E-state index contributed by atoms with van der Waals surface area (Å²) in [5, 5.41) is 16.2. The zero-order chi connectivity index (χ0) is 14.2. The summed E-state index contributed by atoms with van der Waals surface area (Å²) in [6, 6.07) is 2.73. The fourth-order valence-corrected chi connectivity index (χ4v) is 3.03. The summed E-state index contributed by atoms with van der Waals surface area (Å²) in [5.41, 5.74) is 3.44.